The maximum atomic E-state index is 14.2. The Morgan fingerprint density at radius 3 is 2.44 bits per heavy atom. The van der Waals surface area contributed by atoms with Gasteiger partial charge in [-0.3, -0.25) is 14.4 Å². The molecule has 188 valence electrons. The first-order chi connectivity index (χ1) is 17.0. The number of nitrogens with one attached hydrogen (secondary N) is 2. The molecule has 0 unspecified atom stereocenters. The lowest BCUT2D eigenvalue weighted by molar-refractivity contribution is -0.142. The van der Waals surface area contributed by atoms with Crippen LogP contribution in [0.15, 0.2) is 60.7 Å². The van der Waals surface area contributed by atoms with E-state index in [1.807, 2.05) is 52.0 Å². The Morgan fingerprint density at radius 2 is 1.78 bits per heavy atom. The molecule has 2 N–H and O–H groups in total. The number of carbonyl (C=O) groups is 3. The number of aryl methyl sites for hydroxylation is 1. The molecule has 2 fully saturated rings. The minimum Gasteiger partial charge on any atom is -0.359 e. The minimum absolute atomic E-state index is 0.0345. The van der Waals surface area contributed by atoms with Crippen molar-refractivity contribution in [2.75, 3.05) is 5.32 Å². The second-order valence-electron chi connectivity index (χ2n) is 10.9. The van der Waals surface area contributed by atoms with E-state index in [-0.39, 0.29) is 24.0 Å². The molecule has 3 aliphatic heterocycles. The highest BCUT2D eigenvalue weighted by Gasteiger charge is 2.72. The van der Waals surface area contributed by atoms with Gasteiger partial charge in [-0.2, -0.15) is 0 Å². The predicted octanol–water partition coefficient (Wildman–Crippen LogP) is 3.34. The number of nitrogens with zero attached hydrogens (tertiary/aromatic N) is 1. The van der Waals surface area contributed by atoms with Gasteiger partial charge in [0.25, 0.3) is 0 Å². The summed E-state index contributed by atoms with van der Waals surface area (Å²) in [4.78, 5) is 42.5. The van der Waals surface area contributed by atoms with E-state index in [4.69, 9.17) is 4.74 Å². The average Bonchev–Trinajstić information content (AvgIpc) is 3.43. The number of halogens is 1. The van der Waals surface area contributed by atoms with Crippen LogP contribution < -0.4 is 10.6 Å². The van der Waals surface area contributed by atoms with Crippen molar-refractivity contribution in [3.8, 4) is 0 Å². The smallest absolute Gasteiger partial charge is 0.246 e. The van der Waals surface area contributed by atoms with Gasteiger partial charge >= 0.3 is 0 Å². The summed E-state index contributed by atoms with van der Waals surface area (Å²) in [5.41, 5.74) is 0.168. The van der Waals surface area contributed by atoms with Crippen LogP contribution in [0.2, 0.25) is 0 Å². The molecule has 0 aliphatic carbocycles. The first-order valence-corrected chi connectivity index (χ1v) is 12.1. The van der Waals surface area contributed by atoms with E-state index in [0.29, 0.717) is 0 Å². The van der Waals surface area contributed by atoms with E-state index >= 15 is 0 Å². The zero-order valence-electron chi connectivity index (χ0n) is 20.7. The summed E-state index contributed by atoms with van der Waals surface area (Å²) in [6.45, 7) is 7.78. The highest BCUT2D eigenvalue weighted by Crippen LogP contribution is 2.55. The van der Waals surface area contributed by atoms with Gasteiger partial charge in [-0.25, -0.2) is 4.39 Å². The van der Waals surface area contributed by atoms with E-state index in [2.05, 4.69) is 10.6 Å². The van der Waals surface area contributed by atoms with Crippen LogP contribution in [0.1, 0.15) is 31.9 Å². The quantitative estimate of drug-likeness (QED) is 0.628. The van der Waals surface area contributed by atoms with E-state index in [9.17, 15) is 18.8 Å². The summed E-state index contributed by atoms with van der Waals surface area (Å²) >= 11 is 0. The third-order valence-corrected chi connectivity index (χ3v) is 7.03. The summed E-state index contributed by atoms with van der Waals surface area (Å²) < 4.78 is 20.5. The molecule has 0 aromatic heterocycles. The Labute approximate surface area is 209 Å². The molecule has 1 spiro atoms. The normalized spacial score (nSPS) is 28.4. The lowest BCUT2D eigenvalue weighted by Gasteiger charge is -2.34. The Bertz CT molecular complexity index is 1250. The SMILES string of the molecule is Cc1ccc(CN2C(=O)[C@H]3[C@@H](C(=O)Nc4ccccc4F)[C@H]4C=C[C@@]3(O4)[C@@H]2C(=O)NC(C)(C)C)cc1. The van der Waals surface area contributed by atoms with Crippen molar-refractivity contribution in [1.82, 2.24) is 10.2 Å². The van der Waals surface area contributed by atoms with Crippen LogP contribution in [0.4, 0.5) is 10.1 Å². The molecule has 2 aromatic carbocycles. The number of hydrogen-bond donors (Lipinski definition) is 2. The molecule has 3 amide bonds. The van der Waals surface area contributed by atoms with Gasteiger partial charge in [0.2, 0.25) is 17.7 Å². The van der Waals surface area contributed by atoms with Crippen LogP contribution in [0.5, 0.6) is 0 Å². The molecule has 5 atom stereocenters. The summed E-state index contributed by atoms with van der Waals surface area (Å²) in [7, 11) is 0. The van der Waals surface area contributed by atoms with Gasteiger partial charge in [0.1, 0.15) is 17.5 Å². The van der Waals surface area contributed by atoms with Gasteiger partial charge in [-0.05, 0) is 45.4 Å². The highest BCUT2D eigenvalue weighted by atomic mass is 19.1. The van der Waals surface area contributed by atoms with Crippen LogP contribution in [0.25, 0.3) is 0 Å². The fourth-order valence-corrected chi connectivity index (χ4v) is 5.54. The highest BCUT2D eigenvalue weighted by molar-refractivity contribution is 6.02. The van der Waals surface area contributed by atoms with Gasteiger partial charge in [-0.1, -0.05) is 54.1 Å². The number of hydrogen-bond acceptors (Lipinski definition) is 4. The van der Waals surface area contributed by atoms with Crippen molar-refractivity contribution in [2.45, 2.75) is 57.5 Å². The molecule has 3 aliphatic rings. The first-order valence-electron chi connectivity index (χ1n) is 12.1. The topological polar surface area (TPSA) is 87.7 Å². The van der Waals surface area contributed by atoms with Gasteiger partial charge < -0.3 is 20.3 Å². The summed E-state index contributed by atoms with van der Waals surface area (Å²) in [5, 5.41) is 5.61. The van der Waals surface area contributed by atoms with Crippen LogP contribution in [-0.2, 0) is 25.7 Å². The van der Waals surface area contributed by atoms with E-state index in [1.54, 1.807) is 18.2 Å². The first kappa shape index (κ1) is 24.2. The van der Waals surface area contributed by atoms with Gasteiger partial charge in [0.05, 0.1) is 23.6 Å². The molecule has 5 rings (SSSR count). The van der Waals surface area contributed by atoms with Crippen molar-refractivity contribution in [2.24, 2.45) is 11.8 Å². The lowest BCUT2D eigenvalue weighted by Crippen LogP contribution is -2.57. The van der Waals surface area contributed by atoms with Crippen LogP contribution in [-0.4, -0.2) is 45.9 Å². The molecule has 7 nitrogen and oxygen atoms in total. The van der Waals surface area contributed by atoms with Crippen molar-refractivity contribution in [1.29, 1.82) is 0 Å². The van der Waals surface area contributed by atoms with Gasteiger partial charge in [-0.15, -0.1) is 0 Å². The molecule has 36 heavy (non-hydrogen) atoms. The summed E-state index contributed by atoms with van der Waals surface area (Å²) in [6, 6.07) is 12.7. The molecule has 2 saturated heterocycles. The monoisotopic (exact) mass is 491 g/mol. The molecule has 8 heteroatoms. The molecular formula is C28H30FN3O4. The van der Waals surface area contributed by atoms with Gasteiger partial charge in [0, 0.05) is 12.1 Å². The summed E-state index contributed by atoms with van der Waals surface area (Å²) in [6.07, 6.45) is 2.81. The Morgan fingerprint density at radius 1 is 1.08 bits per heavy atom. The second-order valence-corrected chi connectivity index (χ2v) is 10.9. The van der Waals surface area contributed by atoms with Crippen LogP contribution >= 0.6 is 0 Å². The third kappa shape index (κ3) is 3.99. The Kier molecular flexibility index (Phi) is 5.75. The predicted molar refractivity (Wildman–Crippen MR) is 132 cm³/mol. The maximum absolute atomic E-state index is 14.2. The summed E-state index contributed by atoms with van der Waals surface area (Å²) in [5.74, 6) is -3.55. The number of ether oxygens (including phenoxy) is 1. The van der Waals surface area contributed by atoms with Crippen molar-refractivity contribution in [3.05, 3.63) is 77.6 Å². The Hall–Kier alpha value is -3.52. The minimum atomic E-state index is -1.28. The second kappa shape index (κ2) is 8.55. The van der Waals surface area contributed by atoms with E-state index in [1.165, 1.54) is 23.1 Å². The van der Waals surface area contributed by atoms with Crippen LogP contribution in [0.3, 0.4) is 0 Å². The van der Waals surface area contributed by atoms with Crippen LogP contribution in [0, 0.1) is 24.6 Å². The fourth-order valence-electron chi connectivity index (χ4n) is 5.54. The number of para-hydroxylation sites is 1. The molecule has 2 bridgehead atoms. The molecule has 2 aromatic rings. The molecule has 3 heterocycles. The zero-order valence-corrected chi connectivity index (χ0v) is 20.7. The largest absolute Gasteiger partial charge is 0.359 e. The molecule has 0 radical (unpaired) electrons. The number of carbonyl (C=O) groups excluding carboxylic acids is 3. The van der Waals surface area contributed by atoms with Crippen molar-refractivity contribution < 1.29 is 23.5 Å². The molecular weight excluding hydrogens is 461 g/mol. The number of rotatable bonds is 5. The number of anilines is 1. The third-order valence-electron chi connectivity index (χ3n) is 7.03. The number of fused-ring (bicyclic) bond motifs is 1. The number of benzene rings is 2. The van der Waals surface area contributed by atoms with Gasteiger partial charge in [0.15, 0.2) is 0 Å². The number of likely N-dealkylation sites (tertiary alicyclic amines) is 1. The Balaban J connectivity index is 1.51. The fraction of sp³-hybridized carbons (Fsp3) is 0.393. The molecule has 0 saturated carbocycles. The standard InChI is InChI=1S/C28H30FN3O4/c1-16-9-11-17(12-10-16)15-32-23(25(34)31-27(2,3)4)28-14-13-20(36-28)21(22(28)26(32)35)24(33)30-19-8-6-5-7-18(19)29/h5-14,20-23H,15H2,1-4H3,(H,30,33)(H,31,34)/t20-,21+,22-,23+,28+/m1/s1. The zero-order chi connectivity index (χ0) is 25.8. The van der Waals surface area contributed by atoms with Crippen molar-refractivity contribution >= 4 is 23.4 Å². The number of amides is 3. The maximum Gasteiger partial charge on any atom is 0.246 e. The van der Waals surface area contributed by atoms with E-state index in [0.717, 1.165) is 11.1 Å². The van der Waals surface area contributed by atoms with Crippen molar-refractivity contribution in [3.63, 3.8) is 0 Å². The lowest BCUT2D eigenvalue weighted by atomic mass is 9.74. The average molecular weight is 492 g/mol. The van der Waals surface area contributed by atoms with E-state index < -0.39 is 46.8 Å².